The van der Waals surface area contributed by atoms with Gasteiger partial charge < -0.3 is 9.15 Å². The number of carbonyl (C=O) groups excluding carboxylic acids is 1. The molecule has 1 aromatic carbocycles. The molecule has 1 amide bonds. The van der Waals surface area contributed by atoms with Crippen LogP contribution in [0.25, 0.3) is 0 Å². The summed E-state index contributed by atoms with van der Waals surface area (Å²) in [6, 6.07) is 7.18. The normalized spacial score (nSPS) is 10.1. The van der Waals surface area contributed by atoms with Crippen molar-refractivity contribution in [2.45, 2.75) is 13.8 Å². The number of carbonyl (C=O) groups is 1. The summed E-state index contributed by atoms with van der Waals surface area (Å²) in [6.07, 6.45) is 0. The number of nitriles is 1. The Labute approximate surface area is 132 Å². The number of benzene rings is 1. The number of aromatic nitrogens is 1. The van der Waals surface area contributed by atoms with Crippen molar-refractivity contribution in [1.29, 1.82) is 5.26 Å². The lowest BCUT2D eigenvalue weighted by Crippen LogP contribution is -2.31. The Morgan fingerprint density at radius 2 is 2.23 bits per heavy atom. The van der Waals surface area contributed by atoms with Gasteiger partial charge in [0.15, 0.2) is 12.5 Å². The molecular formula is C15H14ClN3O3. The molecule has 0 N–H and O–H groups in total. The minimum Gasteiger partial charge on any atom is -0.482 e. The van der Waals surface area contributed by atoms with Crippen LogP contribution < -0.4 is 9.64 Å². The Hall–Kier alpha value is -2.52. The molecule has 2 aromatic rings. The van der Waals surface area contributed by atoms with Crippen LogP contribution in [0.5, 0.6) is 5.75 Å². The van der Waals surface area contributed by atoms with E-state index in [9.17, 15) is 4.79 Å². The number of nitrogens with zero attached hydrogens (tertiary/aromatic N) is 3. The first-order chi connectivity index (χ1) is 10.4. The van der Waals surface area contributed by atoms with Gasteiger partial charge in [0.05, 0.1) is 5.02 Å². The second-order valence-electron chi connectivity index (χ2n) is 4.67. The average molecular weight is 320 g/mol. The first kappa shape index (κ1) is 15.9. The van der Waals surface area contributed by atoms with Crippen LogP contribution in [0.15, 0.2) is 22.6 Å². The predicted octanol–water partition coefficient (Wildman–Crippen LogP) is 2.86. The molecule has 1 aromatic heterocycles. The van der Waals surface area contributed by atoms with Crippen molar-refractivity contribution < 1.29 is 13.9 Å². The number of likely N-dealkylation sites (N-methyl/N-ethyl adjacent to an activating group) is 1. The maximum absolute atomic E-state index is 12.2. The van der Waals surface area contributed by atoms with Crippen LogP contribution in [0, 0.1) is 25.2 Å². The SMILES string of the molecule is Cc1ccc(Cl)c(OCC(=O)N(C)c2oc(C)nc2C#N)c1. The zero-order valence-corrected chi connectivity index (χ0v) is 13.1. The molecule has 0 unspecified atom stereocenters. The van der Waals surface area contributed by atoms with Crippen LogP contribution in [-0.2, 0) is 4.79 Å². The smallest absolute Gasteiger partial charge is 0.267 e. The number of hydrogen-bond acceptors (Lipinski definition) is 5. The standard InChI is InChI=1S/C15H14ClN3O3/c1-9-4-5-11(16)13(6-9)21-8-14(20)19(3)15-12(7-17)18-10(2)22-15/h4-6H,8H2,1-3H3. The summed E-state index contributed by atoms with van der Waals surface area (Å²) in [5, 5.41) is 9.40. The molecule has 0 radical (unpaired) electrons. The molecule has 114 valence electrons. The highest BCUT2D eigenvalue weighted by Gasteiger charge is 2.21. The highest BCUT2D eigenvalue weighted by atomic mass is 35.5. The highest BCUT2D eigenvalue weighted by Crippen LogP contribution is 2.25. The van der Waals surface area contributed by atoms with E-state index in [1.54, 1.807) is 19.1 Å². The Morgan fingerprint density at radius 3 is 2.91 bits per heavy atom. The Bertz CT molecular complexity index is 749. The fourth-order valence-electron chi connectivity index (χ4n) is 1.79. The molecule has 0 bridgehead atoms. The van der Waals surface area contributed by atoms with Gasteiger partial charge in [-0.15, -0.1) is 0 Å². The van der Waals surface area contributed by atoms with E-state index in [0.29, 0.717) is 16.7 Å². The second-order valence-corrected chi connectivity index (χ2v) is 5.08. The number of halogens is 1. The molecular weight excluding hydrogens is 306 g/mol. The van der Waals surface area contributed by atoms with Crippen molar-refractivity contribution in [2.24, 2.45) is 0 Å². The van der Waals surface area contributed by atoms with Gasteiger partial charge in [-0.05, 0) is 24.6 Å². The molecule has 0 saturated carbocycles. The third-order valence-electron chi connectivity index (χ3n) is 2.94. The molecule has 22 heavy (non-hydrogen) atoms. The number of rotatable bonds is 4. The number of aryl methyl sites for hydroxylation is 2. The monoisotopic (exact) mass is 319 g/mol. The van der Waals surface area contributed by atoms with E-state index < -0.39 is 0 Å². The van der Waals surface area contributed by atoms with Crippen molar-refractivity contribution in [2.75, 3.05) is 18.6 Å². The van der Waals surface area contributed by atoms with E-state index in [2.05, 4.69) is 4.98 Å². The van der Waals surface area contributed by atoms with E-state index in [4.69, 9.17) is 26.0 Å². The topological polar surface area (TPSA) is 79.4 Å². The lowest BCUT2D eigenvalue weighted by atomic mass is 10.2. The maximum atomic E-state index is 12.2. The Kier molecular flexibility index (Phi) is 4.68. The van der Waals surface area contributed by atoms with Crippen molar-refractivity contribution in [3.63, 3.8) is 0 Å². The summed E-state index contributed by atoms with van der Waals surface area (Å²) in [4.78, 5) is 17.2. The second kappa shape index (κ2) is 6.50. The summed E-state index contributed by atoms with van der Waals surface area (Å²) >= 11 is 6.01. The van der Waals surface area contributed by atoms with Crippen LogP contribution in [-0.4, -0.2) is 24.5 Å². The Balaban J connectivity index is 2.09. The van der Waals surface area contributed by atoms with Crippen LogP contribution in [0.4, 0.5) is 5.88 Å². The van der Waals surface area contributed by atoms with E-state index in [1.165, 1.54) is 11.9 Å². The zero-order valence-electron chi connectivity index (χ0n) is 12.4. The third kappa shape index (κ3) is 3.38. The number of amides is 1. The fourth-order valence-corrected chi connectivity index (χ4v) is 1.96. The molecule has 0 aliphatic heterocycles. The number of anilines is 1. The summed E-state index contributed by atoms with van der Waals surface area (Å²) in [6.45, 7) is 3.27. The van der Waals surface area contributed by atoms with Gasteiger partial charge in [-0.25, -0.2) is 4.98 Å². The summed E-state index contributed by atoms with van der Waals surface area (Å²) in [5.41, 5.74) is 1.03. The highest BCUT2D eigenvalue weighted by molar-refractivity contribution is 6.32. The van der Waals surface area contributed by atoms with Gasteiger partial charge in [0, 0.05) is 14.0 Å². The van der Waals surface area contributed by atoms with E-state index in [0.717, 1.165) is 5.56 Å². The fraction of sp³-hybridized carbons (Fsp3) is 0.267. The molecule has 0 aliphatic rings. The van der Waals surface area contributed by atoms with Gasteiger partial charge >= 0.3 is 0 Å². The van der Waals surface area contributed by atoms with Gasteiger partial charge in [0.25, 0.3) is 5.91 Å². The molecule has 1 heterocycles. The van der Waals surface area contributed by atoms with Gasteiger partial charge in [-0.2, -0.15) is 5.26 Å². The lowest BCUT2D eigenvalue weighted by molar-refractivity contribution is -0.120. The van der Waals surface area contributed by atoms with Crippen molar-refractivity contribution in [1.82, 2.24) is 4.98 Å². The first-order valence-corrected chi connectivity index (χ1v) is 6.83. The molecule has 0 aliphatic carbocycles. The summed E-state index contributed by atoms with van der Waals surface area (Å²) in [5.74, 6) is 0.459. The molecule has 6 nitrogen and oxygen atoms in total. The summed E-state index contributed by atoms with van der Waals surface area (Å²) in [7, 11) is 1.49. The Morgan fingerprint density at radius 1 is 1.50 bits per heavy atom. The van der Waals surface area contributed by atoms with Crippen LogP contribution in [0.3, 0.4) is 0 Å². The molecule has 0 atom stereocenters. The minimum atomic E-state index is -0.384. The zero-order chi connectivity index (χ0) is 16.3. The summed E-state index contributed by atoms with van der Waals surface area (Å²) < 4.78 is 10.7. The maximum Gasteiger partial charge on any atom is 0.267 e. The van der Waals surface area contributed by atoms with Crippen LogP contribution in [0.2, 0.25) is 5.02 Å². The molecule has 7 heteroatoms. The van der Waals surface area contributed by atoms with E-state index >= 15 is 0 Å². The quantitative estimate of drug-likeness (QED) is 0.865. The molecule has 0 spiro atoms. The van der Waals surface area contributed by atoms with E-state index in [1.807, 2.05) is 19.1 Å². The van der Waals surface area contributed by atoms with Gasteiger partial charge in [-0.3, -0.25) is 9.69 Å². The largest absolute Gasteiger partial charge is 0.482 e. The van der Waals surface area contributed by atoms with Crippen LogP contribution >= 0.6 is 11.6 Å². The molecule has 2 rings (SSSR count). The van der Waals surface area contributed by atoms with Crippen molar-refractivity contribution >= 4 is 23.4 Å². The third-order valence-corrected chi connectivity index (χ3v) is 3.25. The first-order valence-electron chi connectivity index (χ1n) is 6.45. The van der Waals surface area contributed by atoms with Crippen LogP contribution in [0.1, 0.15) is 17.1 Å². The van der Waals surface area contributed by atoms with E-state index in [-0.39, 0.29) is 24.1 Å². The van der Waals surface area contributed by atoms with Crippen molar-refractivity contribution in [3.05, 3.63) is 40.4 Å². The number of hydrogen-bond donors (Lipinski definition) is 0. The lowest BCUT2D eigenvalue weighted by Gasteiger charge is -2.15. The van der Waals surface area contributed by atoms with Gasteiger partial charge in [0.2, 0.25) is 11.6 Å². The average Bonchev–Trinajstić information content (AvgIpc) is 2.88. The number of ether oxygens (including phenoxy) is 1. The molecule has 0 fully saturated rings. The number of oxazole rings is 1. The molecule has 0 saturated heterocycles. The minimum absolute atomic E-state index is 0.0573. The van der Waals surface area contributed by atoms with Gasteiger partial charge in [-0.1, -0.05) is 17.7 Å². The predicted molar refractivity (Wildman–Crippen MR) is 81.0 cm³/mol. The van der Waals surface area contributed by atoms with Crippen molar-refractivity contribution in [3.8, 4) is 11.8 Å². The van der Waals surface area contributed by atoms with Gasteiger partial charge in [0.1, 0.15) is 11.8 Å².